The third kappa shape index (κ3) is 3.76. The van der Waals surface area contributed by atoms with E-state index in [1.54, 1.807) is 0 Å². The number of hydrogen-bond donors (Lipinski definition) is 1. The first kappa shape index (κ1) is 18.1. The maximum absolute atomic E-state index is 13.1. The zero-order chi connectivity index (χ0) is 18.7. The van der Waals surface area contributed by atoms with Crippen molar-refractivity contribution in [1.29, 1.82) is 0 Å². The normalized spacial score (nSPS) is 19.8. The highest BCUT2D eigenvalue weighted by Gasteiger charge is 2.26. The zero-order valence-corrected chi connectivity index (χ0v) is 14.9. The van der Waals surface area contributed by atoms with Gasteiger partial charge >= 0.3 is 0 Å². The Kier molecular flexibility index (Phi) is 5.35. The molecule has 1 N–H and O–H groups in total. The average Bonchev–Trinajstić information content (AvgIpc) is 2.64. The molecule has 138 valence electrons. The summed E-state index contributed by atoms with van der Waals surface area (Å²) in [5.74, 6) is -0.285. The minimum atomic E-state index is -0.462. The van der Waals surface area contributed by atoms with Gasteiger partial charge < -0.3 is 10.1 Å². The van der Waals surface area contributed by atoms with Crippen LogP contribution in [0.25, 0.3) is 5.69 Å². The molecule has 0 aliphatic heterocycles. The fourth-order valence-electron chi connectivity index (χ4n) is 3.29. The van der Waals surface area contributed by atoms with Crippen molar-refractivity contribution in [2.24, 2.45) is 5.92 Å². The largest absolute Gasteiger partial charge is 0.494 e. The molecule has 0 saturated heterocycles. The van der Waals surface area contributed by atoms with Crippen LogP contribution < -0.4 is 15.6 Å². The molecule has 1 heterocycles. The van der Waals surface area contributed by atoms with Gasteiger partial charge in [0.25, 0.3) is 11.5 Å². The molecule has 1 aromatic heterocycles. The fraction of sp³-hybridized carbons (Fsp3) is 0.421. The minimum absolute atomic E-state index is 0.0363. The highest BCUT2D eigenvalue weighted by Crippen LogP contribution is 2.24. The van der Waals surface area contributed by atoms with Gasteiger partial charge in [0.05, 0.1) is 18.9 Å². The van der Waals surface area contributed by atoms with Crippen LogP contribution in [0.3, 0.4) is 0 Å². The van der Waals surface area contributed by atoms with Gasteiger partial charge in [0, 0.05) is 6.04 Å². The quantitative estimate of drug-likeness (QED) is 0.911. The van der Waals surface area contributed by atoms with E-state index in [1.807, 2.05) is 0 Å². The van der Waals surface area contributed by atoms with Crippen molar-refractivity contribution in [3.63, 3.8) is 0 Å². The summed E-state index contributed by atoms with van der Waals surface area (Å²) in [7, 11) is 1.39. The molecule has 0 radical (unpaired) electrons. The van der Waals surface area contributed by atoms with Crippen molar-refractivity contribution >= 4 is 5.91 Å². The number of rotatable bonds is 4. The molecule has 3 rings (SSSR count). The second kappa shape index (κ2) is 7.68. The average molecular weight is 359 g/mol. The summed E-state index contributed by atoms with van der Waals surface area (Å²) < 4.78 is 19.4. The van der Waals surface area contributed by atoms with Crippen molar-refractivity contribution < 1.29 is 13.9 Å². The Balaban J connectivity index is 1.94. The zero-order valence-electron chi connectivity index (χ0n) is 14.9. The number of hydrogen-bond acceptors (Lipinski definition) is 4. The van der Waals surface area contributed by atoms with Crippen LogP contribution in [0.2, 0.25) is 0 Å². The van der Waals surface area contributed by atoms with Crippen molar-refractivity contribution in [1.82, 2.24) is 15.1 Å². The Hall–Kier alpha value is -2.70. The highest BCUT2D eigenvalue weighted by atomic mass is 19.1. The van der Waals surface area contributed by atoms with E-state index in [2.05, 4.69) is 17.3 Å². The lowest BCUT2D eigenvalue weighted by atomic mass is 9.86. The van der Waals surface area contributed by atoms with Crippen LogP contribution in [0, 0.1) is 11.7 Å². The number of carbonyl (C=O) groups excluding carboxylic acids is 1. The predicted molar refractivity (Wildman–Crippen MR) is 95.2 cm³/mol. The number of nitrogens with one attached hydrogen (secondary N) is 1. The molecule has 1 aliphatic carbocycles. The van der Waals surface area contributed by atoms with Gasteiger partial charge in [-0.15, -0.1) is 0 Å². The first-order chi connectivity index (χ1) is 12.5. The Morgan fingerprint density at radius 1 is 1.27 bits per heavy atom. The Bertz CT molecular complexity index is 848. The van der Waals surface area contributed by atoms with E-state index in [-0.39, 0.29) is 23.4 Å². The van der Waals surface area contributed by atoms with Gasteiger partial charge in [0.1, 0.15) is 5.82 Å². The first-order valence-electron chi connectivity index (χ1n) is 8.74. The molecule has 1 saturated carbocycles. The number of carbonyl (C=O) groups is 1. The van der Waals surface area contributed by atoms with Gasteiger partial charge in [-0.3, -0.25) is 9.59 Å². The van der Waals surface area contributed by atoms with Gasteiger partial charge in [-0.1, -0.05) is 19.8 Å². The number of nitrogens with zero attached hydrogens (tertiary/aromatic N) is 2. The fourth-order valence-corrected chi connectivity index (χ4v) is 3.29. The van der Waals surface area contributed by atoms with E-state index in [0.29, 0.717) is 11.6 Å². The summed E-state index contributed by atoms with van der Waals surface area (Å²) in [5, 5.41) is 7.19. The molecule has 0 spiro atoms. The third-order valence-electron chi connectivity index (χ3n) is 4.83. The molecule has 0 unspecified atom stereocenters. The summed E-state index contributed by atoms with van der Waals surface area (Å²) >= 11 is 0. The lowest BCUT2D eigenvalue weighted by molar-refractivity contribution is 0.0899. The van der Waals surface area contributed by atoms with Crippen molar-refractivity contribution in [2.45, 2.75) is 38.6 Å². The molecule has 2 aromatic rings. The van der Waals surface area contributed by atoms with E-state index >= 15 is 0 Å². The standard InChI is InChI=1S/C19H22FN3O3/c1-12-5-3-4-6-15(12)21-19(25)18-16(26-2)11-17(24)23(22-18)14-9-7-13(20)8-10-14/h7-12,15H,3-6H2,1-2H3,(H,21,25)/t12-,15-/m1/s1. The number of ether oxygens (including phenoxy) is 1. The molecule has 1 aromatic carbocycles. The SMILES string of the molecule is COc1cc(=O)n(-c2ccc(F)cc2)nc1C(=O)N[C@@H]1CCCC[C@H]1C. The van der Waals surface area contributed by atoms with Crippen LogP contribution in [0.15, 0.2) is 35.1 Å². The van der Waals surface area contributed by atoms with E-state index in [4.69, 9.17) is 4.74 Å². The summed E-state index contributed by atoms with van der Waals surface area (Å²) in [6.07, 6.45) is 4.25. The van der Waals surface area contributed by atoms with E-state index in [0.717, 1.165) is 23.9 Å². The van der Waals surface area contributed by atoms with E-state index in [9.17, 15) is 14.0 Å². The molecule has 1 amide bonds. The number of amides is 1. The second-order valence-corrected chi connectivity index (χ2v) is 6.63. The van der Waals surface area contributed by atoms with Crippen LogP contribution in [-0.4, -0.2) is 28.8 Å². The van der Waals surface area contributed by atoms with Gasteiger partial charge in [0.2, 0.25) is 0 Å². The van der Waals surface area contributed by atoms with Crippen LogP contribution in [0.4, 0.5) is 4.39 Å². The second-order valence-electron chi connectivity index (χ2n) is 6.63. The van der Waals surface area contributed by atoms with E-state index < -0.39 is 11.4 Å². The maximum atomic E-state index is 13.1. The lowest BCUT2D eigenvalue weighted by Crippen LogP contribution is -2.42. The van der Waals surface area contributed by atoms with Crippen LogP contribution in [0.5, 0.6) is 5.75 Å². The van der Waals surface area contributed by atoms with Gasteiger partial charge in [-0.25, -0.2) is 4.39 Å². The smallest absolute Gasteiger partial charge is 0.275 e. The summed E-state index contributed by atoms with van der Waals surface area (Å²) in [6, 6.07) is 6.63. The Morgan fingerprint density at radius 3 is 2.62 bits per heavy atom. The molecule has 2 atom stereocenters. The molecule has 26 heavy (non-hydrogen) atoms. The van der Waals surface area contributed by atoms with Crippen molar-refractivity contribution in [3.8, 4) is 11.4 Å². The van der Waals surface area contributed by atoms with Gasteiger partial charge in [-0.05, 0) is 43.0 Å². The maximum Gasteiger partial charge on any atom is 0.275 e. The molecule has 6 nitrogen and oxygen atoms in total. The summed E-state index contributed by atoms with van der Waals surface area (Å²) in [6.45, 7) is 2.12. The number of aromatic nitrogens is 2. The van der Waals surface area contributed by atoms with Crippen LogP contribution in [-0.2, 0) is 0 Å². The number of benzene rings is 1. The van der Waals surface area contributed by atoms with Crippen molar-refractivity contribution in [2.75, 3.05) is 7.11 Å². The highest BCUT2D eigenvalue weighted by molar-refractivity contribution is 5.95. The van der Waals surface area contributed by atoms with Gasteiger partial charge in [-0.2, -0.15) is 9.78 Å². The number of methoxy groups -OCH3 is 1. The molecule has 0 bridgehead atoms. The minimum Gasteiger partial charge on any atom is -0.494 e. The molecule has 1 aliphatic rings. The third-order valence-corrected chi connectivity index (χ3v) is 4.83. The Morgan fingerprint density at radius 2 is 1.96 bits per heavy atom. The number of halogens is 1. The molecular weight excluding hydrogens is 337 g/mol. The van der Waals surface area contributed by atoms with Gasteiger partial charge in [0.15, 0.2) is 11.4 Å². The molecule has 7 heteroatoms. The van der Waals surface area contributed by atoms with Crippen LogP contribution in [0.1, 0.15) is 43.1 Å². The van der Waals surface area contributed by atoms with E-state index in [1.165, 1.54) is 43.9 Å². The van der Waals surface area contributed by atoms with Crippen LogP contribution >= 0.6 is 0 Å². The molecule has 1 fully saturated rings. The molecular formula is C19H22FN3O3. The first-order valence-corrected chi connectivity index (χ1v) is 8.74. The Labute approximate surface area is 151 Å². The topological polar surface area (TPSA) is 73.2 Å². The predicted octanol–water partition coefficient (Wildman–Crippen LogP) is 2.69. The summed E-state index contributed by atoms with van der Waals surface area (Å²) in [5.41, 5.74) is -0.0515. The summed E-state index contributed by atoms with van der Waals surface area (Å²) in [4.78, 5) is 25.1. The monoisotopic (exact) mass is 359 g/mol. The lowest BCUT2D eigenvalue weighted by Gasteiger charge is -2.29. The van der Waals surface area contributed by atoms with Crippen molar-refractivity contribution in [3.05, 3.63) is 52.2 Å².